The van der Waals surface area contributed by atoms with E-state index in [2.05, 4.69) is 48.8 Å². The Morgan fingerprint density at radius 1 is 1.44 bits per heavy atom. The van der Waals surface area contributed by atoms with Crippen LogP contribution in [0.4, 0.5) is 0 Å². The van der Waals surface area contributed by atoms with Crippen LogP contribution in [0.2, 0.25) is 0 Å². The van der Waals surface area contributed by atoms with E-state index in [1.54, 1.807) is 18.4 Å². The standard InChI is InChI=1S/C12H20BrNOS/c1-12(2,3)11(15-4)9(14)7-8-5-6-10(13)16-8/h5-6,9,11H,7,14H2,1-4H3. The topological polar surface area (TPSA) is 35.2 Å². The summed E-state index contributed by atoms with van der Waals surface area (Å²) in [6, 6.07) is 4.21. The molecule has 0 spiro atoms. The first kappa shape index (κ1) is 14.2. The van der Waals surface area contributed by atoms with Gasteiger partial charge in [0.25, 0.3) is 0 Å². The van der Waals surface area contributed by atoms with Crippen molar-refractivity contribution in [1.82, 2.24) is 0 Å². The molecule has 0 amide bonds. The van der Waals surface area contributed by atoms with Crippen LogP contribution in [0.25, 0.3) is 0 Å². The lowest BCUT2D eigenvalue weighted by Crippen LogP contribution is -2.45. The van der Waals surface area contributed by atoms with Crippen molar-refractivity contribution in [2.45, 2.75) is 39.3 Å². The largest absolute Gasteiger partial charge is 0.379 e. The molecule has 2 unspecified atom stereocenters. The number of halogens is 1. The lowest BCUT2D eigenvalue weighted by Gasteiger charge is -2.33. The monoisotopic (exact) mass is 305 g/mol. The molecule has 0 aliphatic carbocycles. The molecule has 1 rings (SSSR count). The molecule has 0 aliphatic heterocycles. The summed E-state index contributed by atoms with van der Waals surface area (Å²) in [4.78, 5) is 1.30. The molecule has 0 radical (unpaired) electrons. The maximum absolute atomic E-state index is 6.22. The van der Waals surface area contributed by atoms with Gasteiger partial charge in [-0.2, -0.15) is 0 Å². The van der Waals surface area contributed by atoms with Crippen molar-refractivity contribution >= 4 is 27.3 Å². The number of ether oxygens (including phenoxy) is 1. The normalized spacial score (nSPS) is 16.1. The molecule has 0 saturated carbocycles. The molecule has 92 valence electrons. The SMILES string of the molecule is COC(C(N)Cc1ccc(Br)s1)C(C)(C)C. The number of hydrogen-bond acceptors (Lipinski definition) is 3. The first-order valence-corrected chi connectivity index (χ1v) is 6.98. The Morgan fingerprint density at radius 2 is 2.06 bits per heavy atom. The first-order chi connectivity index (χ1) is 7.34. The molecule has 0 aliphatic rings. The van der Waals surface area contributed by atoms with Crippen LogP contribution in [0.1, 0.15) is 25.6 Å². The van der Waals surface area contributed by atoms with Gasteiger partial charge in [0, 0.05) is 18.0 Å². The Bertz CT molecular complexity index is 332. The Labute approximate surface area is 110 Å². The zero-order chi connectivity index (χ0) is 12.3. The summed E-state index contributed by atoms with van der Waals surface area (Å²) < 4.78 is 6.68. The highest BCUT2D eigenvalue weighted by Crippen LogP contribution is 2.28. The number of nitrogens with two attached hydrogens (primary N) is 1. The predicted octanol–water partition coefficient (Wildman–Crippen LogP) is 3.44. The van der Waals surface area contributed by atoms with E-state index < -0.39 is 0 Å². The molecule has 2 N–H and O–H groups in total. The van der Waals surface area contributed by atoms with Crippen molar-refractivity contribution in [3.8, 4) is 0 Å². The zero-order valence-electron chi connectivity index (χ0n) is 10.3. The van der Waals surface area contributed by atoms with Gasteiger partial charge >= 0.3 is 0 Å². The van der Waals surface area contributed by atoms with E-state index in [-0.39, 0.29) is 17.6 Å². The van der Waals surface area contributed by atoms with Crippen LogP contribution in [0.3, 0.4) is 0 Å². The summed E-state index contributed by atoms with van der Waals surface area (Å²) >= 11 is 5.20. The Balaban J connectivity index is 2.66. The highest BCUT2D eigenvalue weighted by Gasteiger charge is 2.30. The van der Waals surface area contributed by atoms with Crippen molar-refractivity contribution in [1.29, 1.82) is 0 Å². The first-order valence-electron chi connectivity index (χ1n) is 5.37. The summed E-state index contributed by atoms with van der Waals surface area (Å²) in [5.74, 6) is 0. The molecule has 0 fully saturated rings. The third-order valence-electron chi connectivity index (χ3n) is 2.56. The van der Waals surface area contributed by atoms with E-state index in [0.717, 1.165) is 10.2 Å². The van der Waals surface area contributed by atoms with Crippen molar-refractivity contribution in [3.05, 3.63) is 20.8 Å². The fourth-order valence-corrected chi connectivity index (χ4v) is 3.53. The van der Waals surface area contributed by atoms with Gasteiger partial charge in [-0.05, 0) is 39.9 Å². The minimum atomic E-state index is 0.0375. The van der Waals surface area contributed by atoms with Crippen LogP contribution in [-0.4, -0.2) is 19.3 Å². The van der Waals surface area contributed by atoms with Gasteiger partial charge in [-0.3, -0.25) is 0 Å². The molecule has 1 aromatic rings. The van der Waals surface area contributed by atoms with Crippen LogP contribution in [0, 0.1) is 5.41 Å². The molecular weight excluding hydrogens is 286 g/mol. The molecule has 0 aromatic carbocycles. The van der Waals surface area contributed by atoms with Crippen molar-refractivity contribution in [2.75, 3.05) is 7.11 Å². The highest BCUT2D eigenvalue weighted by atomic mass is 79.9. The average Bonchev–Trinajstić information content (AvgIpc) is 2.49. The zero-order valence-corrected chi connectivity index (χ0v) is 12.7. The summed E-state index contributed by atoms with van der Waals surface area (Å²) in [6.45, 7) is 6.47. The molecule has 0 bridgehead atoms. The average molecular weight is 306 g/mol. The molecule has 0 saturated heterocycles. The van der Waals surface area contributed by atoms with Crippen molar-refractivity contribution < 1.29 is 4.74 Å². The third-order valence-corrected chi connectivity index (χ3v) is 4.21. The molecular formula is C12H20BrNOS. The maximum Gasteiger partial charge on any atom is 0.0773 e. The van der Waals surface area contributed by atoms with E-state index in [1.807, 2.05) is 0 Å². The van der Waals surface area contributed by atoms with Crippen LogP contribution in [0.15, 0.2) is 15.9 Å². The molecule has 2 atom stereocenters. The highest BCUT2D eigenvalue weighted by molar-refractivity contribution is 9.11. The minimum absolute atomic E-state index is 0.0375. The molecule has 1 heterocycles. The van der Waals surface area contributed by atoms with Gasteiger partial charge in [-0.15, -0.1) is 11.3 Å². The second-order valence-corrected chi connectivity index (χ2v) is 7.64. The van der Waals surface area contributed by atoms with E-state index >= 15 is 0 Å². The second-order valence-electron chi connectivity index (χ2n) is 5.10. The lowest BCUT2D eigenvalue weighted by molar-refractivity contribution is -0.00149. The van der Waals surface area contributed by atoms with Gasteiger partial charge in [0.05, 0.1) is 9.89 Å². The number of thiophene rings is 1. The van der Waals surface area contributed by atoms with Crippen LogP contribution >= 0.6 is 27.3 Å². The Morgan fingerprint density at radius 3 is 2.44 bits per heavy atom. The third kappa shape index (κ3) is 3.84. The second kappa shape index (κ2) is 5.63. The van der Waals surface area contributed by atoms with Crippen molar-refractivity contribution in [3.63, 3.8) is 0 Å². The van der Waals surface area contributed by atoms with Crippen LogP contribution in [-0.2, 0) is 11.2 Å². The summed E-state index contributed by atoms with van der Waals surface area (Å²) in [5.41, 5.74) is 6.29. The molecule has 16 heavy (non-hydrogen) atoms. The van der Waals surface area contributed by atoms with Gasteiger partial charge < -0.3 is 10.5 Å². The van der Waals surface area contributed by atoms with Gasteiger partial charge in [0.15, 0.2) is 0 Å². The fourth-order valence-electron chi connectivity index (χ4n) is 1.97. The molecule has 4 heteroatoms. The van der Waals surface area contributed by atoms with Gasteiger partial charge in [0.2, 0.25) is 0 Å². The Kier molecular flexibility index (Phi) is 4.98. The maximum atomic E-state index is 6.22. The van der Waals surface area contributed by atoms with Gasteiger partial charge in [-0.25, -0.2) is 0 Å². The number of hydrogen-bond donors (Lipinski definition) is 1. The Hall–Kier alpha value is 0.1000. The van der Waals surface area contributed by atoms with Gasteiger partial charge in [0.1, 0.15) is 0 Å². The lowest BCUT2D eigenvalue weighted by atomic mass is 9.83. The van der Waals surface area contributed by atoms with E-state index in [0.29, 0.717) is 0 Å². The minimum Gasteiger partial charge on any atom is -0.379 e. The summed E-state index contributed by atoms with van der Waals surface area (Å²) in [7, 11) is 1.74. The molecule has 2 nitrogen and oxygen atoms in total. The van der Waals surface area contributed by atoms with E-state index in [4.69, 9.17) is 10.5 Å². The predicted molar refractivity (Wildman–Crippen MR) is 74.0 cm³/mol. The number of methoxy groups -OCH3 is 1. The number of rotatable bonds is 4. The molecule has 1 aromatic heterocycles. The summed E-state index contributed by atoms with van der Waals surface area (Å²) in [5, 5.41) is 0. The van der Waals surface area contributed by atoms with Gasteiger partial charge in [-0.1, -0.05) is 20.8 Å². The van der Waals surface area contributed by atoms with E-state index in [1.165, 1.54) is 4.88 Å². The quantitative estimate of drug-likeness (QED) is 0.925. The smallest absolute Gasteiger partial charge is 0.0773 e. The fraction of sp³-hybridized carbons (Fsp3) is 0.667. The van der Waals surface area contributed by atoms with Crippen LogP contribution in [0.5, 0.6) is 0 Å². The summed E-state index contributed by atoms with van der Waals surface area (Å²) in [6.07, 6.45) is 0.944. The van der Waals surface area contributed by atoms with Crippen molar-refractivity contribution in [2.24, 2.45) is 11.1 Å². The van der Waals surface area contributed by atoms with Crippen LogP contribution < -0.4 is 5.73 Å². The van der Waals surface area contributed by atoms with E-state index in [9.17, 15) is 0 Å².